The highest BCUT2D eigenvalue weighted by Gasteiger charge is 2.08. The van der Waals surface area contributed by atoms with E-state index in [0.717, 1.165) is 12.8 Å². The van der Waals surface area contributed by atoms with Crippen molar-refractivity contribution < 1.29 is 5.11 Å². The number of anilines is 2. The third-order valence-corrected chi connectivity index (χ3v) is 2.42. The van der Waals surface area contributed by atoms with Crippen LogP contribution >= 0.6 is 11.6 Å². The molecule has 0 aromatic carbocycles. The van der Waals surface area contributed by atoms with Crippen LogP contribution in [-0.2, 0) is 0 Å². The van der Waals surface area contributed by atoms with Gasteiger partial charge in [0.05, 0.1) is 6.20 Å². The summed E-state index contributed by atoms with van der Waals surface area (Å²) in [6.45, 7) is 2.22. The topological polar surface area (TPSA) is 70.1 Å². The minimum absolute atomic E-state index is 0.200. The van der Waals surface area contributed by atoms with Gasteiger partial charge in [0.1, 0.15) is 5.02 Å². The van der Waals surface area contributed by atoms with Crippen molar-refractivity contribution in [1.29, 1.82) is 0 Å². The minimum atomic E-state index is 0.200. The van der Waals surface area contributed by atoms with Crippen molar-refractivity contribution >= 4 is 23.4 Å². The van der Waals surface area contributed by atoms with Crippen LogP contribution in [0.3, 0.4) is 0 Å². The summed E-state index contributed by atoms with van der Waals surface area (Å²) >= 11 is 5.97. The first kappa shape index (κ1) is 13.0. The van der Waals surface area contributed by atoms with E-state index in [1.54, 1.807) is 13.2 Å². The average Bonchev–Trinajstić information content (AvgIpc) is 2.29. The first-order valence-electron chi connectivity index (χ1n) is 5.25. The van der Waals surface area contributed by atoms with Gasteiger partial charge in [-0.2, -0.15) is 4.98 Å². The number of nitrogens with one attached hydrogen (secondary N) is 2. The van der Waals surface area contributed by atoms with Gasteiger partial charge in [-0.3, -0.25) is 0 Å². The van der Waals surface area contributed by atoms with E-state index in [9.17, 15) is 0 Å². The van der Waals surface area contributed by atoms with Crippen molar-refractivity contribution in [1.82, 2.24) is 9.97 Å². The molecule has 16 heavy (non-hydrogen) atoms. The number of hydrogen-bond donors (Lipinski definition) is 3. The van der Waals surface area contributed by atoms with Crippen LogP contribution < -0.4 is 10.6 Å². The predicted molar refractivity (Wildman–Crippen MR) is 66.0 cm³/mol. The maximum absolute atomic E-state index is 8.73. The SMILES string of the molecule is CNc1ncc(Cl)c(NC(C)CCCO)n1. The first-order valence-corrected chi connectivity index (χ1v) is 5.63. The Hall–Kier alpha value is -1.07. The molecule has 1 rings (SSSR count). The molecule has 1 aromatic rings. The minimum Gasteiger partial charge on any atom is -0.396 e. The van der Waals surface area contributed by atoms with Gasteiger partial charge in [-0.05, 0) is 19.8 Å². The number of aromatic nitrogens is 2. The second kappa shape index (κ2) is 6.50. The molecular formula is C10H17ClN4O. The Morgan fingerprint density at radius 2 is 2.31 bits per heavy atom. The molecule has 0 amide bonds. The molecule has 0 aliphatic carbocycles. The molecule has 0 radical (unpaired) electrons. The fourth-order valence-corrected chi connectivity index (χ4v) is 1.44. The molecule has 0 spiro atoms. The van der Waals surface area contributed by atoms with Crippen LogP contribution in [0.4, 0.5) is 11.8 Å². The van der Waals surface area contributed by atoms with Gasteiger partial charge in [-0.15, -0.1) is 0 Å². The molecule has 3 N–H and O–H groups in total. The van der Waals surface area contributed by atoms with Gasteiger partial charge in [0.25, 0.3) is 0 Å². The summed E-state index contributed by atoms with van der Waals surface area (Å²) in [5, 5.41) is 15.3. The van der Waals surface area contributed by atoms with Gasteiger partial charge >= 0.3 is 0 Å². The lowest BCUT2D eigenvalue weighted by atomic mass is 10.2. The second-order valence-corrected chi connectivity index (χ2v) is 3.96. The number of hydrogen-bond acceptors (Lipinski definition) is 5. The molecule has 5 nitrogen and oxygen atoms in total. The maximum Gasteiger partial charge on any atom is 0.224 e. The summed E-state index contributed by atoms with van der Waals surface area (Å²) in [4.78, 5) is 8.20. The summed E-state index contributed by atoms with van der Waals surface area (Å²) < 4.78 is 0. The lowest BCUT2D eigenvalue weighted by Crippen LogP contribution is -2.17. The quantitative estimate of drug-likeness (QED) is 0.711. The fraction of sp³-hybridized carbons (Fsp3) is 0.600. The van der Waals surface area contributed by atoms with E-state index in [1.807, 2.05) is 6.92 Å². The zero-order chi connectivity index (χ0) is 12.0. The van der Waals surface area contributed by atoms with E-state index in [1.165, 1.54) is 0 Å². The largest absolute Gasteiger partial charge is 0.396 e. The van der Waals surface area contributed by atoms with Gasteiger partial charge in [-0.25, -0.2) is 4.98 Å². The zero-order valence-electron chi connectivity index (χ0n) is 9.50. The highest BCUT2D eigenvalue weighted by atomic mass is 35.5. The Balaban J connectivity index is 2.64. The van der Waals surface area contributed by atoms with Crippen LogP contribution in [0.1, 0.15) is 19.8 Å². The summed E-state index contributed by atoms with van der Waals surface area (Å²) in [7, 11) is 1.75. The van der Waals surface area contributed by atoms with Gasteiger partial charge in [0.2, 0.25) is 5.95 Å². The zero-order valence-corrected chi connectivity index (χ0v) is 10.3. The monoisotopic (exact) mass is 244 g/mol. The molecule has 0 aliphatic rings. The molecule has 0 fully saturated rings. The van der Waals surface area contributed by atoms with E-state index in [4.69, 9.17) is 16.7 Å². The number of halogens is 1. The van der Waals surface area contributed by atoms with Crippen molar-refractivity contribution in [2.45, 2.75) is 25.8 Å². The third-order valence-electron chi connectivity index (χ3n) is 2.15. The van der Waals surface area contributed by atoms with Crippen molar-refractivity contribution in [3.8, 4) is 0 Å². The summed E-state index contributed by atoms with van der Waals surface area (Å²) in [5.41, 5.74) is 0. The summed E-state index contributed by atoms with van der Waals surface area (Å²) in [6.07, 6.45) is 3.18. The molecule has 0 saturated carbocycles. The van der Waals surface area contributed by atoms with Crippen LogP contribution in [0.25, 0.3) is 0 Å². The van der Waals surface area contributed by atoms with E-state index in [-0.39, 0.29) is 12.6 Å². The molecule has 1 aromatic heterocycles. The summed E-state index contributed by atoms with van der Waals surface area (Å²) in [6, 6.07) is 0.212. The fourth-order valence-electron chi connectivity index (χ4n) is 1.29. The normalized spacial score (nSPS) is 12.2. The van der Waals surface area contributed by atoms with Crippen LogP contribution in [0, 0.1) is 0 Å². The highest BCUT2D eigenvalue weighted by Crippen LogP contribution is 2.20. The molecular weight excluding hydrogens is 228 g/mol. The van der Waals surface area contributed by atoms with Crippen molar-refractivity contribution in [3.05, 3.63) is 11.2 Å². The van der Waals surface area contributed by atoms with Crippen molar-refractivity contribution in [2.75, 3.05) is 24.3 Å². The average molecular weight is 245 g/mol. The summed E-state index contributed by atoms with van der Waals surface area (Å²) in [5.74, 6) is 1.15. The third kappa shape index (κ3) is 3.83. The van der Waals surface area contributed by atoms with Gasteiger partial charge in [0.15, 0.2) is 5.82 Å². The second-order valence-electron chi connectivity index (χ2n) is 3.55. The van der Waals surface area contributed by atoms with E-state index in [0.29, 0.717) is 16.8 Å². The van der Waals surface area contributed by atoms with Gasteiger partial charge in [0, 0.05) is 19.7 Å². The van der Waals surface area contributed by atoms with Crippen molar-refractivity contribution in [3.63, 3.8) is 0 Å². The van der Waals surface area contributed by atoms with Gasteiger partial charge < -0.3 is 15.7 Å². The molecule has 0 saturated heterocycles. The molecule has 0 aliphatic heterocycles. The number of rotatable bonds is 6. The predicted octanol–water partition coefficient (Wildman–Crippen LogP) is 1.74. The Kier molecular flexibility index (Phi) is 5.28. The molecule has 90 valence electrons. The van der Waals surface area contributed by atoms with E-state index >= 15 is 0 Å². The van der Waals surface area contributed by atoms with Crippen LogP contribution in [0.15, 0.2) is 6.20 Å². The lowest BCUT2D eigenvalue weighted by Gasteiger charge is -2.15. The number of aliphatic hydroxyl groups is 1. The van der Waals surface area contributed by atoms with Gasteiger partial charge in [-0.1, -0.05) is 11.6 Å². The molecule has 6 heteroatoms. The standard InChI is InChI=1S/C10H17ClN4O/c1-7(4-3-5-16)14-9-8(11)6-13-10(12-2)15-9/h6-7,16H,3-5H2,1-2H3,(H2,12,13,14,15). The molecule has 1 heterocycles. The number of aliphatic hydroxyl groups excluding tert-OH is 1. The molecule has 1 atom stereocenters. The Bertz CT molecular complexity index is 335. The van der Waals surface area contributed by atoms with Crippen LogP contribution in [0.2, 0.25) is 5.02 Å². The smallest absolute Gasteiger partial charge is 0.224 e. The Morgan fingerprint density at radius 3 is 2.94 bits per heavy atom. The Morgan fingerprint density at radius 1 is 1.56 bits per heavy atom. The van der Waals surface area contributed by atoms with E-state index in [2.05, 4.69) is 20.6 Å². The lowest BCUT2D eigenvalue weighted by molar-refractivity contribution is 0.282. The van der Waals surface area contributed by atoms with Crippen LogP contribution in [0.5, 0.6) is 0 Å². The van der Waals surface area contributed by atoms with Crippen molar-refractivity contribution in [2.24, 2.45) is 0 Å². The molecule has 1 unspecified atom stereocenters. The van der Waals surface area contributed by atoms with E-state index < -0.39 is 0 Å². The molecule has 0 bridgehead atoms. The maximum atomic E-state index is 8.73. The number of nitrogens with zero attached hydrogens (tertiary/aromatic N) is 2. The van der Waals surface area contributed by atoms with Crippen LogP contribution in [-0.4, -0.2) is 34.8 Å². The Labute approximate surface area is 100 Å². The highest BCUT2D eigenvalue weighted by molar-refractivity contribution is 6.32. The first-order chi connectivity index (χ1) is 7.67.